The number of thiocarbonyl (C=S) groups is 1. The zero-order valence-electron chi connectivity index (χ0n) is 18.7. The first kappa shape index (κ1) is 23.0. The largest absolute Gasteiger partial charge is 0.457 e. The highest BCUT2D eigenvalue weighted by Gasteiger charge is 2.15. The molecule has 0 fully saturated rings. The van der Waals surface area contributed by atoms with Gasteiger partial charge in [0.15, 0.2) is 5.11 Å². The van der Waals surface area contributed by atoms with Gasteiger partial charge >= 0.3 is 0 Å². The monoisotopic (exact) mass is 467 g/mol. The lowest BCUT2D eigenvalue weighted by molar-refractivity contribution is 0.0940. The maximum atomic E-state index is 12.9. The summed E-state index contributed by atoms with van der Waals surface area (Å²) < 4.78 is 5.82. The Labute approximate surface area is 204 Å². The number of carbonyl (C=O) groups excluding carboxylic acids is 1. The van der Waals surface area contributed by atoms with Crippen LogP contribution in [0.15, 0.2) is 109 Å². The number of anilines is 2. The summed E-state index contributed by atoms with van der Waals surface area (Å²) in [5, 5.41) is 9.71. The zero-order valence-corrected chi connectivity index (χ0v) is 19.5. The molecule has 3 N–H and O–H groups in total. The first-order valence-electron chi connectivity index (χ1n) is 10.9. The van der Waals surface area contributed by atoms with E-state index in [1.54, 1.807) is 6.07 Å². The van der Waals surface area contributed by atoms with Crippen LogP contribution in [0.3, 0.4) is 0 Å². The highest BCUT2D eigenvalue weighted by Crippen LogP contribution is 2.23. The van der Waals surface area contributed by atoms with Gasteiger partial charge in [-0.2, -0.15) is 0 Å². The van der Waals surface area contributed by atoms with Gasteiger partial charge in [-0.1, -0.05) is 60.7 Å². The van der Waals surface area contributed by atoms with E-state index in [-0.39, 0.29) is 11.9 Å². The second-order valence-corrected chi connectivity index (χ2v) is 8.08. The van der Waals surface area contributed by atoms with Crippen molar-refractivity contribution in [3.63, 3.8) is 0 Å². The van der Waals surface area contributed by atoms with Crippen LogP contribution in [0.2, 0.25) is 0 Å². The smallest absolute Gasteiger partial charge is 0.253 e. The molecule has 4 aromatic rings. The van der Waals surface area contributed by atoms with Crippen LogP contribution in [-0.2, 0) is 0 Å². The third-order valence-corrected chi connectivity index (χ3v) is 5.36. The average molecular weight is 468 g/mol. The SMILES string of the molecule is C[C@H](NC(=O)c1ccccc1NC(=S)Nc1ccc(Oc2ccccc2)cc1)c1ccccc1. The number of hydrogen-bond acceptors (Lipinski definition) is 3. The fraction of sp³-hybridized carbons (Fsp3) is 0.0714. The molecule has 1 atom stereocenters. The van der Waals surface area contributed by atoms with Gasteiger partial charge in [0.25, 0.3) is 5.91 Å². The summed E-state index contributed by atoms with van der Waals surface area (Å²) in [4.78, 5) is 12.9. The topological polar surface area (TPSA) is 62.4 Å². The van der Waals surface area contributed by atoms with Crippen molar-refractivity contribution in [1.29, 1.82) is 0 Å². The number of rotatable bonds is 7. The van der Waals surface area contributed by atoms with E-state index in [0.717, 1.165) is 22.7 Å². The molecule has 4 rings (SSSR count). The van der Waals surface area contributed by atoms with Gasteiger partial charge in [-0.25, -0.2) is 0 Å². The van der Waals surface area contributed by atoms with Crippen LogP contribution in [0.25, 0.3) is 0 Å². The van der Waals surface area contributed by atoms with E-state index in [1.165, 1.54) is 0 Å². The van der Waals surface area contributed by atoms with E-state index in [2.05, 4.69) is 16.0 Å². The third-order valence-electron chi connectivity index (χ3n) is 5.16. The van der Waals surface area contributed by atoms with Crippen LogP contribution in [-0.4, -0.2) is 11.0 Å². The molecule has 0 bridgehead atoms. The van der Waals surface area contributed by atoms with E-state index in [4.69, 9.17) is 17.0 Å². The van der Waals surface area contributed by atoms with E-state index in [1.807, 2.05) is 110 Å². The second-order valence-electron chi connectivity index (χ2n) is 7.67. The Morgan fingerprint density at radius 2 is 1.32 bits per heavy atom. The summed E-state index contributed by atoms with van der Waals surface area (Å²) in [5.74, 6) is 1.33. The average Bonchev–Trinajstić information content (AvgIpc) is 2.86. The minimum Gasteiger partial charge on any atom is -0.457 e. The highest BCUT2D eigenvalue weighted by molar-refractivity contribution is 7.80. The molecule has 1 amide bonds. The fourth-order valence-corrected chi connectivity index (χ4v) is 3.63. The number of benzene rings is 4. The standard InChI is InChI=1S/C28H25N3O2S/c1-20(21-10-4-2-5-11-21)29-27(32)25-14-8-9-15-26(25)31-28(34)30-22-16-18-24(19-17-22)33-23-12-6-3-7-13-23/h2-20H,1H3,(H,29,32)(H2,30,31,34)/t20-/m0/s1. The van der Waals surface area contributed by atoms with Crippen LogP contribution >= 0.6 is 12.2 Å². The van der Waals surface area contributed by atoms with Gasteiger partial charge in [0.05, 0.1) is 17.3 Å². The number of hydrogen-bond donors (Lipinski definition) is 3. The molecule has 6 heteroatoms. The predicted molar refractivity (Wildman–Crippen MR) is 142 cm³/mol. The van der Waals surface area contributed by atoms with Crippen LogP contribution in [0.5, 0.6) is 11.5 Å². The number of amides is 1. The molecule has 0 saturated heterocycles. The predicted octanol–water partition coefficient (Wildman–Crippen LogP) is 6.78. The lowest BCUT2D eigenvalue weighted by atomic mass is 10.1. The molecule has 0 heterocycles. The quantitative estimate of drug-likeness (QED) is 0.262. The van der Waals surface area contributed by atoms with Crippen molar-refractivity contribution in [2.45, 2.75) is 13.0 Å². The molecule has 0 aliphatic rings. The van der Waals surface area contributed by atoms with Crippen molar-refractivity contribution in [1.82, 2.24) is 5.32 Å². The zero-order chi connectivity index (χ0) is 23.8. The van der Waals surface area contributed by atoms with E-state index >= 15 is 0 Å². The van der Waals surface area contributed by atoms with E-state index < -0.39 is 0 Å². The van der Waals surface area contributed by atoms with Crippen molar-refractivity contribution >= 4 is 34.6 Å². The molecule has 0 radical (unpaired) electrons. The molecule has 0 aliphatic heterocycles. The highest BCUT2D eigenvalue weighted by atomic mass is 32.1. The molecule has 34 heavy (non-hydrogen) atoms. The van der Waals surface area contributed by atoms with Crippen LogP contribution in [0.1, 0.15) is 28.9 Å². The normalized spacial score (nSPS) is 11.2. The molecular weight excluding hydrogens is 442 g/mol. The van der Waals surface area contributed by atoms with Crippen LogP contribution in [0, 0.1) is 0 Å². The summed E-state index contributed by atoms with van der Waals surface area (Å²) in [6, 6.07) is 34.1. The molecule has 170 valence electrons. The summed E-state index contributed by atoms with van der Waals surface area (Å²) in [7, 11) is 0. The first-order chi connectivity index (χ1) is 16.6. The molecule has 0 aromatic heterocycles. The van der Waals surface area contributed by atoms with Gasteiger partial charge < -0.3 is 20.7 Å². The molecule has 0 spiro atoms. The Morgan fingerprint density at radius 3 is 2.03 bits per heavy atom. The Hall–Kier alpha value is -4.16. The summed E-state index contributed by atoms with van der Waals surface area (Å²) in [5.41, 5.74) is 2.98. The molecular formula is C28H25N3O2S. The lowest BCUT2D eigenvalue weighted by Gasteiger charge is -2.17. The van der Waals surface area contributed by atoms with Crippen LogP contribution in [0.4, 0.5) is 11.4 Å². The van der Waals surface area contributed by atoms with Crippen LogP contribution < -0.4 is 20.7 Å². The van der Waals surface area contributed by atoms with Crippen molar-refractivity contribution in [3.8, 4) is 11.5 Å². The van der Waals surface area contributed by atoms with Gasteiger partial charge in [0.2, 0.25) is 0 Å². The van der Waals surface area contributed by atoms with Gasteiger partial charge in [-0.15, -0.1) is 0 Å². The van der Waals surface area contributed by atoms with Gasteiger partial charge in [0.1, 0.15) is 11.5 Å². The molecule has 4 aromatic carbocycles. The Morgan fingerprint density at radius 1 is 0.735 bits per heavy atom. The minimum absolute atomic E-state index is 0.122. The van der Waals surface area contributed by atoms with Gasteiger partial charge in [-0.05, 0) is 73.2 Å². The van der Waals surface area contributed by atoms with Crippen molar-refractivity contribution in [3.05, 3.63) is 120 Å². The number of nitrogens with one attached hydrogen (secondary N) is 3. The van der Waals surface area contributed by atoms with Gasteiger partial charge in [-0.3, -0.25) is 4.79 Å². The fourth-order valence-electron chi connectivity index (χ4n) is 3.41. The second kappa shape index (κ2) is 11.1. The minimum atomic E-state index is -0.176. The van der Waals surface area contributed by atoms with Crippen molar-refractivity contribution in [2.75, 3.05) is 10.6 Å². The van der Waals surface area contributed by atoms with Crippen molar-refractivity contribution < 1.29 is 9.53 Å². The summed E-state index contributed by atoms with van der Waals surface area (Å²) in [6.07, 6.45) is 0. The van der Waals surface area contributed by atoms with E-state index in [0.29, 0.717) is 16.4 Å². The maximum Gasteiger partial charge on any atom is 0.253 e. The van der Waals surface area contributed by atoms with Crippen molar-refractivity contribution in [2.24, 2.45) is 0 Å². The summed E-state index contributed by atoms with van der Waals surface area (Å²) >= 11 is 5.48. The Kier molecular flexibility index (Phi) is 7.53. The molecule has 0 saturated carbocycles. The number of para-hydroxylation sites is 2. The Balaban J connectivity index is 1.37. The first-order valence-corrected chi connectivity index (χ1v) is 11.3. The molecule has 0 aliphatic carbocycles. The molecule has 0 unspecified atom stereocenters. The maximum absolute atomic E-state index is 12.9. The lowest BCUT2D eigenvalue weighted by Crippen LogP contribution is -2.28. The molecule has 5 nitrogen and oxygen atoms in total. The Bertz CT molecular complexity index is 1250. The summed E-state index contributed by atoms with van der Waals surface area (Å²) in [6.45, 7) is 1.96. The van der Waals surface area contributed by atoms with Gasteiger partial charge in [0, 0.05) is 5.69 Å². The number of carbonyl (C=O) groups is 1. The number of ether oxygens (including phenoxy) is 1. The van der Waals surface area contributed by atoms with E-state index in [9.17, 15) is 4.79 Å². The third kappa shape index (κ3) is 6.21.